The minimum absolute atomic E-state index is 0.0330. The molecule has 24 heavy (non-hydrogen) atoms. The summed E-state index contributed by atoms with van der Waals surface area (Å²) < 4.78 is 4.96. The molecule has 4 nitrogen and oxygen atoms in total. The first-order valence-electron chi connectivity index (χ1n) is 8.16. The van der Waals surface area contributed by atoms with Crippen molar-refractivity contribution >= 4 is 17.6 Å². The molecule has 0 spiro atoms. The van der Waals surface area contributed by atoms with Gasteiger partial charge in [0.15, 0.2) is 0 Å². The van der Waals surface area contributed by atoms with Gasteiger partial charge in [0.2, 0.25) is 5.91 Å². The highest BCUT2D eigenvalue weighted by molar-refractivity contribution is 5.95. The van der Waals surface area contributed by atoms with E-state index >= 15 is 0 Å². The summed E-state index contributed by atoms with van der Waals surface area (Å²) in [5.41, 5.74) is 2.91. The molecule has 0 saturated heterocycles. The van der Waals surface area contributed by atoms with Crippen molar-refractivity contribution in [2.75, 3.05) is 18.1 Å². The van der Waals surface area contributed by atoms with Crippen LogP contribution in [0.15, 0.2) is 54.6 Å². The van der Waals surface area contributed by atoms with Crippen molar-refractivity contribution in [2.24, 2.45) is 0 Å². The molecule has 0 aliphatic heterocycles. The zero-order valence-corrected chi connectivity index (χ0v) is 14.2. The number of hydrogen-bond donors (Lipinski definition) is 0. The van der Waals surface area contributed by atoms with E-state index in [1.807, 2.05) is 61.5 Å². The van der Waals surface area contributed by atoms with Gasteiger partial charge in [-0.05, 0) is 31.5 Å². The second kappa shape index (κ2) is 8.87. The lowest BCUT2D eigenvalue weighted by Crippen LogP contribution is -2.34. The van der Waals surface area contributed by atoms with E-state index in [4.69, 9.17) is 4.74 Å². The van der Waals surface area contributed by atoms with Crippen molar-refractivity contribution in [3.8, 4) is 0 Å². The van der Waals surface area contributed by atoms with Crippen LogP contribution >= 0.6 is 0 Å². The quantitative estimate of drug-likeness (QED) is 0.732. The van der Waals surface area contributed by atoms with E-state index in [0.29, 0.717) is 19.6 Å². The van der Waals surface area contributed by atoms with Gasteiger partial charge in [0.05, 0.1) is 19.4 Å². The second-order valence-electron chi connectivity index (χ2n) is 5.60. The third kappa shape index (κ3) is 5.23. The first-order valence-corrected chi connectivity index (χ1v) is 8.16. The third-order valence-electron chi connectivity index (χ3n) is 3.69. The third-order valence-corrected chi connectivity index (χ3v) is 3.69. The fraction of sp³-hybridized carbons (Fsp3) is 0.300. The maximum absolute atomic E-state index is 12.7. The monoisotopic (exact) mass is 325 g/mol. The number of esters is 1. The summed E-state index contributed by atoms with van der Waals surface area (Å²) in [6.45, 7) is 4.45. The minimum Gasteiger partial charge on any atom is -0.466 e. The van der Waals surface area contributed by atoms with Gasteiger partial charge in [-0.3, -0.25) is 9.59 Å². The van der Waals surface area contributed by atoms with Gasteiger partial charge in [0.1, 0.15) is 0 Å². The Kier molecular flexibility index (Phi) is 6.55. The summed E-state index contributed by atoms with van der Waals surface area (Å²) in [5, 5.41) is 0. The van der Waals surface area contributed by atoms with Crippen LogP contribution in [0, 0.1) is 6.92 Å². The maximum atomic E-state index is 12.7. The highest BCUT2D eigenvalue weighted by Gasteiger charge is 2.17. The van der Waals surface area contributed by atoms with Crippen LogP contribution in [0.5, 0.6) is 0 Å². The fourth-order valence-corrected chi connectivity index (χ4v) is 2.42. The zero-order chi connectivity index (χ0) is 17.4. The molecule has 4 heteroatoms. The number of rotatable bonds is 7. The number of anilines is 1. The second-order valence-corrected chi connectivity index (χ2v) is 5.60. The molecule has 0 atom stereocenters. The smallest absolute Gasteiger partial charge is 0.307 e. The normalized spacial score (nSPS) is 10.2. The molecule has 2 aromatic rings. The lowest BCUT2D eigenvalue weighted by atomic mass is 10.1. The van der Waals surface area contributed by atoms with Crippen LogP contribution in [0.1, 0.15) is 24.5 Å². The van der Waals surface area contributed by atoms with Crippen molar-refractivity contribution in [2.45, 2.75) is 26.7 Å². The van der Waals surface area contributed by atoms with E-state index in [1.54, 1.807) is 11.8 Å². The number of amides is 1. The zero-order valence-electron chi connectivity index (χ0n) is 14.2. The molecule has 0 unspecified atom stereocenters. The van der Waals surface area contributed by atoms with Gasteiger partial charge >= 0.3 is 5.97 Å². The molecule has 0 N–H and O–H groups in total. The van der Waals surface area contributed by atoms with Gasteiger partial charge in [0.25, 0.3) is 0 Å². The molecule has 0 fully saturated rings. The molecule has 0 heterocycles. The van der Waals surface area contributed by atoms with Crippen LogP contribution in [0.4, 0.5) is 5.69 Å². The van der Waals surface area contributed by atoms with E-state index in [0.717, 1.165) is 16.8 Å². The summed E-state index contributed by atoms with van der Waals surface area (Å²) in [6, 6.07) is 17.3. The van der Waals surface area contributed by atoms with E-state index in [1.165, 1.54) is 0 Å². The van der Waals surface area contributed by atoms with Gasteiger partial charge in [-0.15, -0.1) is 0 Å². The highest BCUT2D eigenvalue weighted by atomic mass is 16.5. The Morgan fingerprint density at radius 1 is 1.00 bits per heavy atom. The van der Waals surface area contributed by atoms with Gasteiger partial charge in [-0.1, -0.05) is 48.0 Å². The first kappa shape index (κ1) is 17.7. The summed E-state index contributed by atoms with van der Waals surface area (Å²) >= 11 is 0. The molecule has 0 bridgehead atoms. The average Bonchev–Trinajstić information content (AvgIpc) is 2.58. The van der Waals surface area contributed by atoms with Crippen molar-refractivity contribution in [3.63, 3.8) is 0 Å². The molecule has 0 aliphatic carbocycles. The van der Waals surface area contributed by atoms with Gasteiger partial charge in [0, 0.05) is 12.2 Å². The number of hydrogen-bond acceptors (Lipinski definition) is 3. The molecule has 2 rings (SSSR count). The summed E-state index contributed by atoms with van der Waals surface area (Å²) in [4.78, 5) is 26.0. The molecule has 0 aliphatic rings. The lowest BCUT2D eigenvalue weighted by Gasteiger charge is -2.22. The Morgan fingerprint density at radius 2 is 1.67 bits per heavy atom. The number of aryl methyl sites for hydroxylation is 1. The molecule has 1 amide bonds. The van der Waals surface area contributed by atoms with Crippen molar-refractivity contribution in [1.29, 1.82) is 0 Å². The molecule has 0 aromatic heterocycles. The van der Waals surface area contributed by atoms with E-state index in [9.17, 15) is 9.59 Å². The standard InChI is InChI=1S/C20H23NO3/c1-3-24-20(23)13-14-21(18-7-5-4-6-8-18)19(22)15-17-11-9-16(2)10-12-17/h4-12H,3,13-15H2,1-2H3. The number of para-hydroxylation sites is 1. The van der Waals surface area contributed by atoms with Crippen molar-refractivity contribution in [1.82, 2.24) is 0 Å². The molecular formula is C20H23NO3. The highest BCUT2D eigenvalue weighted by Crippen LogP contribution is 2.16. The molecule has 0 saturated carbocycles. The largest absolute Gasteiger partial charge is 0.466 e. The SMILES string of the molecule is CCOC(=O)CCN(C(=O)Cc1ccc(C)cc1)c1ccccc1. The number of nitrogens with zero attached hydrogens (tertiary/aromatic N) is 1. The maximum Gasteiger partial charge on any atom is 0.307 e. The minimum atomic E-state index is -0.290. The Balaban J connectivity index is 2.10. The summed E-state index contributed by atoms with van der Waals surface area (Å²) in [7, 11) is 0. The van der Waals surface area contributed by atoms with Crippen molar-refractivity contribution < 1.29 is 14.3 Å². The van der Waals surface area contributed by atoms with E-state index in [2.05, 4.69) is 0 Å². The Bertz CT molecular complexity index is 665. The van der Waals surface area contributed by atoms with Crippen LogP contribution in [-0.4, -0.2) is 25.0 Å². The lowest BCUT2D eigenvalue weighted by molar-refractivity contribution is -0.142. The Labute approximate surface area is 143 Å². The number of ether oxygens (including phenoxy) is 1. The van der Waals surface area contributed by atoms with Crippen LogP contribution in [0.3, 0.4) is 0 Å². The summed E-state index contributed by atoms with van der Waals surface area (Å²) in [5.74, 6) is -0.323. The predicted molar refractivity (Wildman–Crippen MR) is 94.9 cm³/mol. The van der Waals surface area contributed by atoms with Crippen molar-refractivity contribution in [3.05, 3.63) is 65.7 Å². The Hall–Kier alpha value is -2.62. The van der Waals surface area contributed by atoms with Crippen LogP contribution in [-0.2, 0) is 20.7 Å². The average molecular weight is 325 g/mol. The summed E-state index contributed by atoms with van der Waals surface area (Å²) in [6.07, 6.45) is 0.486. The topological polar surface area (TPSA) is 46.6 Å². The number of carbonyl (C=O) groups excluding carboxylic acids is 2. The molecule has 2 aromatic carbocycles. The molecule has 0 radical (unpaired) electrons. The number of carbonyl (C=O) groups is 2. The van der Waals surface area contributed by atoms with Crippen LogP contribution in [0.25, 0.3) is 0 Å². The molecular weight excluding hydrogens is 302 g/mol. The van der Waals surface area contributed by atoms with Crippen LogP contribution in [0.2, 0.25) is 0 Å². The van der Waals surface area contributed by atoms with Gasteiger partial charge < -0.3 is 9.64 Å². The van der Waals surface area contributed by atoms with Gasteiger partial charge in [-0.2, -0.15) is 0 Å². The van der Waals surface area contributed by atoms with Gasteiger partial charge in [-0.25, -0.2) is 0 Å². The van der Waals surface area contributed by atoms with Crippen LogP contribution < -0.4 is 4.90 Å². The number of benzene rings is 2. The van der Waals surface area contributed by atoms with E-state index < -0.39 is 0 Å². The predicted octanol–water partition coefficient (Wildman–Crippen LogP) is 3.52. The first-order chi connectivity index (χ1) is 11.6. The fourth-order valence-electron chi connectivity index (χ4n) is 2.42. The molecule has 126 valence electrons. The Morgan fingerprint density at radius 3 is 2.29 bits per heavy atom. The van der Waals surface area contributed by atoms with E-state index in [-0.39, 0.29) is 18.3 Å².